The van der Waals surface area contributed by atoms with Gasteiger partial charge in [0.05, 0.1) is 17.5 Å². The highest BCUT2D eigenvalue weighted by Crippen LogP contribution is 2.59. The van der Waals surface area contributed by atoms with Crippen molar-refractivity contribution in [3.05, 3.63) is 10.6 Å². The normalized spacial score (nSPS) is 28.5. The van der Waals surface area contributed by atoms with Crippen LogP contribution in [0.5, 0.6) is 0 Å². The number of esters is 1. The Hall–Kier alpha value is -0.640. The Labute approximate surface area is 98.0 Å². The maximum absolute atomic E-state index is 11.4. The molecule has 0 spiro atoms. The summed E-state index contributed by atoms with van der Waals surface area (Å²) in [5.74, 6) is -0.274. The Kier molecular flexibility index (Phi) is 3.38. The minimum Gasteiger partial charge on any atom is -0.469 e. The fourth-order valence-electron chi connectivity index (χ4n) is 1.84. The molecule has 0 aromatic heterocycles. The molecule has 0 aliphatic heterocycles. The van der Waals surface area contributed by atoms with Crippen molar-refractivity contribution in [1.29, 1.82) is 0 Å². The monoisotopic (exact) mass is 274 g/mol. The van der Waals surface area contributed by atoms with Gasteiger partial charge in [0.1, 0.15) is 0 Å². The Morgan fingerprint density at radius 1 is 1.40 bits per heavy atom. The van der Waals surface area contributed by atoms with Crippen LogP contribution in [0.1, 0.15) is 20.8 Å². The van der Waals surface area contributed by atoms with Gasteiger partial charge in [-0.2, -0.15) is 0 Å². The van der Waals surface area contributed by atoms with Gasteiger partial charge in [-0.25, -0.2) is 0 Å². The van der Waals surface area contributed by atoms with Crippen molar-refractivity contribution in [2.24, 2.45) is 17.3 Å². The van der Waals surface area contributed by atoms with E-state index in [1.165, 1.54) is 14.0 Å². The minimum absolute atomic E-state index is 0.0266. The van der Waals surface area contributed by atoms with Gasteiger partial charge in [0.25, 0.3) is 0 Å². The highest BCUT2D eigenvalue weighted by atomic mass is 79.9. The summed E-state index contributed by atoms with van der Waals surface area (Å²) in [6.45, 7) is 5.48. The van der Waals surface area contributed by atoms with Gasteiger partial charge in [-0.3, -0.25) is 9.59 Å². The average Bonchev–Trinajstić information content (AvgIpc) is 2.67. The lowest BCUT2D eigenvalue weighted by atomic mass is 10.1. The van der Waals surface area contributed by atoms with Crippen molar-refractivity contribution in [1.82, 2.24) is 0 Å². The van der Waals surface area contributed by atoms with Crippen LogP contribution in [0.4, 0.5) is 0 Å². The third-order valence-corrected chi connectivity index (χ3v) is 3.85. The quantitative estimate of drug-likeness (QED) is 0.586. The van der Waals surface area contributed by atoms with Crippen LogP contribution in [0.3, 0.4) is 0 Å². The van der Waals surface area contributed by atoms with Crippen LogP contribution in [0.25, 0.3) is 0 Å². The second kappa shape index (κ2) is 4.08. The number of hydrogen-bond donors (Lipinski definition) is 0. The molecule has 3 nitrogen and oxygen atoms in total. The van der Waals surface area contributed by atoms with Crippen LogP contribution >= 0.6 is 15.9 Å². The number of carbonyl (C=O) groups is 2. The van der Waals surface area contributed by atoms with E-state index in [0.717, 1.165) is 0 Å². The van der Waals surface area contributed by atoms with Crippen molar-refractivity contribution in [3.8, 4) is 0 Å². The van der Waals surface area contributed by atoms with E-state index in [4.69, 9.17) is 4.74 Å². The van der Waals surface area contributed by atoms with Crippen LogP contribution in [0.15, 0.2) is 10.6 Å². The molecule has 0 radical (unpaired) electrons. The van der Waals surface area contributed by atoms with Gasteiger partial charge in [-0.15, -0.1) is 0 Å². The number of allylic oxidation sites excluding steroid dienone is 2. The first kappa shape index (κ1) is 12.4. The highest BCUT2D eigenvalue weighted by molar-refractivity contribution is 9.12. The molecule has 0 N–H and O–H groups in total. The zero-order valence-electron chi connectivity index (χ0n) is 9.33. The van der Waals surface area contributed by atoms with E-state index in [-0.39, 0.29) is 29.0 Å². The van der Waals surface area contributed by atoms with Gasteiger partial charge in [0.15, 0.2) is 5.78 Å². The van der Waals surface area contributed by atoms with Crippen LogP contribution in [-0.2, 0) is 14.3 Å². The first-order valence-electron chi connectivity index (χ1n) is 4.78. The van der Waals surface area contributed by atoms with E-state index in [1.807, 2.05) is 19.9 Å². The van der Waals surface area contributed by atoms with Crippen molar-refractivity contribution < 1.29 is 14.3 Å². The lowest BCUT2D eigenvalue weighted by Gasteiger charge is -1.99. The molecule has 0 saturated heterocycles. The molecule has 1 rings (SSSR count). The average molecular weight is 275 g/mol. The molecular weight excluding hydrogens is 260 g/mol. The second-order valence-electron chi connectivity index (χ2n) is 4.42. The predicted molar refractivity (Wildman–Crippen MR) is 60.5 cm³/mol. The lowest BCUT2D eigenvalue weighted by molar-refractivity contribution is -0.143. The zero-order chi connectivity index (χ0) is 11.8. The number of Topliss-reactive ketones (excluding diaryl/α,β-unsaturated/α-hetero) is 1. The number of rotatable bonds is 3. The van der Waals surface area contributed by atoms with Gasteiger partial charge in [0, 0.05) is 0 Å². The fraction of sp³-hybridized carbons (Fsp3) is 0.636. The number of methoxy groups -OCH3 is 1. The van der Waals surface area contributed by atoms with E-state index in [9.17, 15) is 9.59 Å². The van der Waals surface area contributed by atoms with E-state index in [2.05, 4.69) is 15.9 Å². The van der Waals surface area contributed by atoms with Crippen LogP contribution in [-0.4, -0.2) is 18.9 Å². The standard InChI is InChI=1S/C11H15BrO3/c1-6(13)8(12)5-7-9(10(14)15-4)11(7,2)3/h5,7,9H,1-4H3/b8-5-/t7-,9-/m0/s1. The molecule has 0 aromatic rings. The predicted octanol–water partition coefficient (Wildman–Crippen LogP) is 2.30. The summed E-state index contributed by atoms with van der Waals surface area (Å²) in [6.07, 6.45) is 1.81. The SMILES string of the molecule is COC(=O)[C@@H]1[C@H](/C=C(\Br)C(C)=O)C1(C)C. The number of hydrogen-bond acceptors (Lipinski definition) is 3. The van der Waals surface area contributed by atoms with E-state index >= 15 is 0 Å². The Bertz CT molecular complexity index is 331. The maximum atomic E-state index is 11.4. The largest absolute Gasteiger partial charge is 0.469 e. The molecule has 1 aliphatic carbocycles. The summed E-state index contributed by atoms with van der Waals surface area (Å²) in [5.41, 5.74) is -0.110. The summed E-state index contributed by atoms with van der Waals surface area (Å²) < 4.78 is 5.25. The summed E-state index contributed by atoms with van der Waals surface area (Å²) in [7, 11) is 1.39. The molecule has 1 fully saturated rings. The van der Waals surface area contributed by atoms with E-state index in [0.29, 0.717) is 4.48 Å². The van der Waals surface area contributed by atoms with Crippen molar-refractivity contribution in [2.75, 3.05) is 7.11 Å². The summed E-state index contributed by atoms with van der Waals surface area (Å²) in [6, 6.07) is 0. The smallest absolute Gasteiger partial charge is 0.309 e. The third-order valence-electron chi connectivity index (χ3n) is 3.03. The van der Waals surface area contributed by atoms with Gasteiger partial charge in [-0.1, -0.05) is 19.9 Å². The highest BCUT2D eigenvalue weighted by Gasteiger charge is 2.61. The molecule has 0 amide bonds. The molecule has 15 heavy (non-hydrogen) atoms. The van der Waals surface area contributed by atoms with E-state index < -0.39 is 0 Å². The van der Waals surface area contributed by atoms with Crippen LogP contribution in [0, 0.1) is 17.3 Å². The van der Waals surface area contributed by atoms with Gasteiger partial charge in [0.2, 0.25) is 0 Å². The topological polar surface area (TPSA) is 43.4 Å². The molecule has 84 valence electrons. The second-order valence-corrected chi connectivity index (χ2v) is 5.27. The minimum atomic E-state index is -0.204. The van der Waals surface area contributed by atoms with Crippen LogP contribution in [0.2, 0.25) is 0 Å². The molecule has 1 aliphatic rings. The van der Waals surface area contributed by atoms with Gasteiger partial charge < -0.3 is 4.74 Å². The van der Waals surface area contributed by atoms with Gasteiger partial charge in [-0.05, 0) is 34.2 Å². The number of halogens is 1. The molecule has 0 aromatic carbocycles. The first-order chi connectivity index (χ1) is 6.82. The molecule has 0 unspecified atom stereocenters. The zero-order valence-corrected chi connectivity index (χ0v) is 10.9. The number of carbonyl (C=O) groups excluding carboxylic acids is 2. The number of ether oxygens (including phenoxy) is 1. The van der Waals surface area contributed by atoms with Crippen LogP contribution < -0.4 is 0 Å². The molecule has 2 atom stereocenters. The Morgan fingerprint density at radius 2 is 1.93 bits per heavy atom. The molecule has 1 saturated carbocycles. The Balaban J connectivity index is 2.79. The number of ketones is 1. The molecule has 0 bridgehead atoms. The summed E-state index contributed by atoms with van der Waals surface area (Å²) in [5, 5.41) is 0. The Morgan fingerprint density at radius 3 is 2.33 bits per heavy atom. The summed E-state index contributed by atoms with van der Waals surface area (Å²) >= 11 is 3.19. The molecule has 4 heteroatoms. The lowest BCUT2D eigenvalue weighted by Crippen LogP contribution is -2.07. The fourth-order valence-corrected chi connectivity index (χ4v) is 2.13. The van der Waals surface area contributed by atoms with Crippen molar-refractivity contribution in [3.63, 3.8) is 0 Å². The van der Waals surface area contributed by atoms with Gasteiger partial charge >= 0.3 is 5.97 Å². The molecule has 0 heterocycles. The maximum Gasteiger partial charge on any atom is 0.309 e. The van der Waals surface area contributed by atoms with E-state index in [1.54, 1.807) is 0 Å². The van der Waals surface area contributed by atoms with Crippen molar-refractivity contribution >= 4 is 27.7 Å². The summed E-state index contributed by atoms with van der Waals surface area (Å²) in [4.78, 5) is 22.4. The first-order valence-corrected chi connectivity index (χ1v) is 5.57. The molecular formula is C11H15BrO3. The third kappa shape index (κ3) is 2.30. The van der Waals surface area contributed by atoms with Crippen molar-refractivity contribution in [2.45, 2.75) is 20.8 Å².